The molecule has 0 aliphatic carbocycles. The zero-order valence-corrected chi connectivity index (χ0v) is 20.3. The summed E-state index contributed by atoms with van der Waals surface area (Å²) in [6, 6.07) is 10.8. The molecule has 2 aliphatic rings. The average molecular weight is 445 g/mol. The number of hydrogen-bond acceptors (Lipinski definition) is 3. The van der Waals surface area contributed by atoms with Crippen LogP contribution < -0.4 is 10.6 Å². The quantitative estimate of drug-likeness (QED) is 0.520. The van der Waals surface area contributed by atoms with E-state index in [1.54, 1.807) is 0 Å². The van der Waals surface area contributed by atoms with Gasteiger partial charge in [0.1, 0.15) is 0 Å². The largest absolute Gasteiger partial charge is 0.355 e. The van der Waals surface area contributed by atoms with Gasteiger partial charge in [-0.15, -0.1) is 0 Å². The number of aromatic nitrogens is 2. The smallest absolute Gasteiger partial charge is 0.230 e. The van der Waals surface area contributed by atoms with Crippen LogP contribution in [0.4, 0.5) is 0 Å². The summed E-state index contributed by atoms with van der Waals surface area (Å²) in [6.07, 6.45) is 6.16. The molecule has 4 heterocycles. The van der Waals surface area contributed by atoms with E-state index in [4.69, 9.17) is 0 Å². The van der Waals surface area contributed by atoms with Crippen molar-refractivity contribution < 1.29 is 4.79 Å². The van der Waals surface area contributed by atoms with E-state index in [0.717, 1.165) is 66.9 Å². The third-order valence-electron chi connectivity index (χ3n) is 8.08. The third kappa shape index (κ3) is 3.86. The van der Waals surface area contributed by atoms with Gasteiger partial charge in [0.2, 0.25) is 5.91 Å². The van der Waals surface area contributed by atoms with Gasteiger partial charge in [-0.3, -0.25) is 9.78 Å². The van der Waals surface area contributed by atoms with Crippen LogP contribution in [0.1, 0.15) is 69.2 Å². The van der Waals surface area contributed by atoms with Crippen LogP contribution in [0.2, 0.25) is 0 Å². The molecule has 5 heteroatoms. The van der Waals surface area contributed by atoms with Crippen LogP contribution in [0.3, 0.4) is 0 Å². The van der Waals surface area contributed by atoms with E-state index >= 15 is 0 Å². The van der Waals surface area contributed by atoms with Crippen molar-refractivity contribution in [1.29, 1.82) is 0 Å². The number of carbonyl (C=O) groups is 1. The second kappa shape index (κ2) is 8.28. The fourth-order valence-corrected chi connectivity index (χ4v) is 6.00. The predicted octanol–water partition coefficient (Wildman–Crippen LogP) is 5.20. The second-order valence-corrected chi connectivity index (χ2v) is 10.8. The molecule has 2 unspecified atom stereocenters. The number of aryl methyl sites for hydroxylation is 1. The molecule has 3 N–H and O–H groups in total. The standard InChI is InChI=1S/C28H36N4O/c1-18(2)24-22-15-21(6-7-23(22)32-25(24)20-8-12-30-19(3)14-20)27(4)9-5-10-28(11-13-29-16-28)17-31-26(27)33/h6-8,12,14-15,18,29,32H,5,9-11,13,16-17H2,1-4H3,(H,31,33). The van der Waals surface area contributed by atoms with Gasteiger partial charge in [0.15, 0.2) is 0 Å². The number of nitrogens with one attached hydrogen (secondary N) is 3. The van der Waals surface area contributed by atoms with Crippen molar-refractivity contribution in [2.75, 3.05) is 19.6 Å². The van der Waals surface area contributed by atoms with Crippen LogP contribution in [0.15, 0.2) is 36.5 Å². The highest BCUT2D eigenvalue weighted by atomic mass is 16.2. The van der Waals surface area contributed by atoms with Crippen LogP contribution in [0, 0.1) is 12.3 Å². The summed E-state index contributed by atoms with van der Waals surface area (Å²) in [5.41, 5.74) is 6.60. The summed E-state index contributed by atoms with van der Waals surface area (Å²) in [5, 5.41) is 8.05. The summed E-state index contributed by atoms with van der Waals surface area (Å²) >= 11 is 0. The normalized spacial score (nSPS) is 26.0. The first-order valence-electron chi connectivity index (χ1n) is 12.4. The molecule has 5 rings (SSSR count). The van der Waals surface area contributed by atoms with Gasteiger partial charge in [-0.2, -0.15) is 0 Å². The lowest BCUT2D eigenvalue weighted by molar-refractivity contribution is -0.127. The van der Waals surface area contributed by atoms with Crippen molar-refractivity contribution in [1.82, 2.24) is 20.6 Å². The minimum absolute atomic E-state index is 0.166. The van der Waals surface area contributed by atoms with Crippen molar-refractivity contribution in [2.45, 2.75) is 64.7 Å². The summed E-state index contributed by atoms with van der Waals surface area (Å²) in [4.78, 5) is 21.5. The first-order chi connectivity index (χ1) is 15.8. The number of carbonyl (C=O) groups excluding carboxylic acids is 1. The fourth-order valence-electron chi connectivity index (χ4n) is 6.00. The third-order valence-corrected chi connectivity index (χ3v) is 8.08. The number of fused-ring (bicyclic) bond motifs is 1. The van der Waals surface area contributed by atoms with E-state index in [0.29, 0.717) is 5.92 Å². The Labute approximate surface area is 196 Å². The van der Waals surface area contributed by atoms with Crippen molar-refractivity contribution in [3.05, 3.63) is 53.3 Å². The Morgan fingerprint density at radius 2 is 1.91 bits per heavy atom. The first-order valence-corrected chi connectivity index (χ1v) is 12.4. The Hall–Kier alpha value is -2.66. The molecule has 1 amide bonds. The molecular weight excluding hydrogens is 408 g/mol. The van der Waals surface area contributed by atoms with Crippen LogP contribution >= 0.6 is 0 Å². The second-order valence-electron chi connectivity index (χ2n) is 10.8. The Balaban J connectivity index is 1.55. The van der Waals surface area contributed by atoms with Gasteiger partial charge < -0.3 is 15.6 Å². The van der Waals surface area contributed by atoms with Crippen molar-refractivity contribution in [2.24, 2.45) is 5.41 Å². The molecule has 1 aromatic carbocycles. The minimum atomic E-state index is -0.513. The van der Waals surface area contributed by atoms with Gasteiger partial charge in [-0.1, -0.05) is 26.3 Å². The maximum atomic E-state index is 13.5. The SMILES string of the molecule is Cc1cc(-c2[nH]c3ccc(C4(C)CCCC5(CCNC5)CNC4=O)cc3c2C(C)C)ccn1. The van der Waals surface area contributed by atoms with E-state index in [2.05, 4.69) is 71.7 Å². The van der Waals surface area contributed by atoms with E-state index in [1.165, 1.54) is 17.4 Å². The van der Waals surface area contributed by atoms with Gasteiger partial charge in [-0.25, -0.2) is 0 Å². The number of pyridine rings is 1. The summed E-state index contributed by atoms with van der Waals surface area (Å²) in [7, 11) is 0. The van der Waals surface area contributed by atoms with Crippen LogP contribution in [-0.4, -0.2) is 35.5 Å². The van der Waals surface area contributed by atoms with Crippen LogP contribution in [0.25, 0.3) is 22.2 Å². The molecule has 2 aliphatic heterocycles. The topological polar surface area (TPSA) is 69.8 Å². The van der Waals surface area contributed by atoms with E-state index in [-0.39, 0.29) is 11.3 Å². The van der Waals surface area contributed by atoms with Crippen LogP contribution in [-0.2, 0) is 10.2 Å². The zero-order chi connectivity index (χ0) is 23.2. The number of rotatable bonds is 3. The van der Waals surface area contributed by atoms with E-state index in [9.17, 15) is 4.79 Å². The number of hydrogen-bond donors (Lipinski definition) is 3. The Kier molecular flexibility index (Phi) is 5.56. The maximum Gasteiger partial charge on any atom is 0.230 e. The molecule has 0 bridgehead atoms. The molecule has 174 valence electrons. The number of benzene rings is 1. The maximum absolute atomic E-state index is 13.5. The number of nitrogens with zero attached hydrogens (tertiary/aromatic N) is 1. The molecule has 5 nitrogen and oxygen atoms in total. The Morgan fingerprint density at radius 1 is 1.06 bits per heavy atom. The summed E-state index contributed by atoms with van der Waals surface area (Å²) < 4.78 is 0. The lowest BCUT2D eigenvalue weighted by Crippen LogP contribution is -2.49. The molecular formula is C28H36N4O. The Morgan fingerprint density at radius 3 is 2.64 bits per heavy atom. The number of amides is 1. The predicted molar refractivity (Wildman–Crippen MR) is 134 cm³/mol. The molecule has 2 atom stereocenters. The molecule has 3 aromatic rings. The highest BCUT2D eigenvalue weighted by molar-refractivity contribution is 5.94. The van der Waals surface area contributed by atoms with Gasteiger partial charge in [-0.05, 0) is 81.0 Å². The highest BCUT2D eigenvalue weighted by Gasteiger charge is 2.42. The lowest BCUT2D eigenvalue weighted by atomic mass is 9.72. The molecule has 0 saturated carbocycles. The molecule has 33 heavy (non-hydrogen) atoms. The van der Waals surface area contributed by atoms with E-state index in [1.807, 2.05) is 13.1 Å². The molecule has 1 spiro atoms. The van der Waals surface area contributed by atoms with Crippen molar-refractivity contribution >= 4 is 16.8 Å². The number of aromatic amines is 1. The summed E-state index contributed by atoms with van der Waals surface area (Å²) in [5.74, 6) is 0.519. The van der Waals surface area contributed by atoms with Crippen molar-refractivity contribution in [3.63, 3.8) is 0 Å². The summed E-state index contributed by atoms with van der Waals surface area (Å²) in [6.45, 7) is 11.5. The molecule has 2 saturated heterocycles. The zero-order valence-electron chi connectivity index (χ0n) is 20.3. The van der Waals surface area contributed by atoms with Gasteiger partial charge in [0.25, 0.3) is 0 Å². The van der Waals surface area contributed by atoms with E-state index < -0.39 is 5.41 Å². The molecule has 2 fully saturated rings. The van der Waals surface area contributed by atoms with Crippen LogP contribution in [0.5, 0.6) is 0 Å². The monoisotopic (exact) mass is 444 g/mol. The van der Waals surface area contributed by atoms with Gasteiger partial charge in [0, 0.05) is 46.9 Å². The highest BCUT2D eigenvalue weighted by Crippen LogP contribution is 2.41. The molecule has 2 aromatic heterocycles. The van der Waals surface area contributed by atoms with Gasteiger partial charge in [0.05, 0.1) is 11.1 Å². The lowest BCUT2D eigenvalue weighted by Gasteiger charge is -2.37. The Bertz CT molecular complexity index is 1190. The average Bonchev–Trinajstić information content (AvgIpc) is 3.41. The first kappa shape index (κ1) is 22.1. The number of H-pyrrole nitrogens is 1. The minimum Gasteiger partial charge on any atom is -0.355 e. The van der Waals surface area contributed by atoms with Gasteiger partial charge >= 0.3 is 0 Å². The van der Waals surface area contributed by atoms with Crippen molar-refractivity contribution in [3.8, 4) is 11.3 Å². The molecule has 0 radical (unpaired) electrons. The fraction of sp³-hybridized carbons (Fsp3) is 0.500.